The molecule has 148 valence electrons. The summed E-state index contributed by atoms with van der Waals surface area (Å²) in [6, 6.07) is 17.5. The molecular formula is C27H34O. The SMILES string of the molecule is CCCc1ccc(C2CCC(CCC#Cc3ccc(OCC)cc3)CC2)cc1. The van der Waals surface area contributed by atoms with Gasteiger partial charge in [0, 0.05) is 12.0 Å². The van der Waals surface area contributed by atoms with Crippen molar-refractivity contribution in [3.63, 3.8) is 0 Å². The standard InChI is InChI=1S/C27H34O/c1-3-7-22-10-16-25(17-11-22)26-18-12-23(13-19-26)8-5-6-9-24-14-20-27(21-15-24)28-4-2/h10-11,14-17,20-21,23,26H,3-5,7-8,12-13,18-19H2,1-2H3. The van der Waals surface area contributed by atoms with Gasteiger partial charge in [-0.05, 0) is 92.7 Å². The first-order valence-corrected chi connectivity index (χ1v) is 11.1. The van der Waals surface area contributed by atoms with Crippen molar-refractivity contribution in [1.29, 1.82) is 0 Å². The maximum Gasteiger partial charge on any atom is 0.119 e. The number of hydrogen-bond acceptors (Lipinski definition) is 1. The van der Waals surface area contributed by atoms with E-state index in [1.165, 1.54) is 50.5 Å². The van der Waals surface area contributed by atoms with E-state index >= 15 is 0 Å². The third kappa shape index (κ3) is 6.16. The van der Waals surface area contributed by atoms with Crippen LogP contribution in [0.2, 0.25) is 0 Å². The van der Waals surface area contributed by atoms with Crippen molar-refractivity contribution < 1.29 is 4.74 Å². The molecule has 0 aromatic heterocycles. The van der Waals surface area contributed by atoms with Gasteiger partial charge in [-0.25, -0.2) is 0 Å². The summed E-state index contributed by atoms with van der Waals surface area (Å²) in [4.78, 5) is 0. The number of aryl methyl sites for hydroxylation is 1. The summed E-state index contributed by atoms with van der Waals surface area (Å²) in [7, 11) is 0. The van der Waals surface area contributed by atoms with Crippen molar-refractivity contribution in [2.24, 2.45) is 5.92 Å². The molecule has 1 nitrogen and oxygen atoms in total. The van der Waals surface area contributed by atoms with Crippen LogP contribution in [0.5, 0.6) is 5.75 Å². The lowest BCUT2D eigenvalue weighted by atomic mass is 9.77. The summed E-state index contributed by atoms with van der Waals surface area (Å²) >= 11 is 0. The van der Waals surface area contributed by atoms with Crippen molar-refractivity contribution in [1.82, 2.24) is 0 Å². The predicted octanol–water partition coefficient (Wildman–Crippen LogP) is 7.14. The molecule has 2 aromatic rings. The molecule has 1 aliphatic carbocycles. The van der Waals surface area contributed by atoms with Gasteiger partial charge in [-0.2, -0.15) is 0 Å². The van der Waals surface area contributed by atoms with Crippen LogP contribution in [0.4, 0.5) is 0 Å². The largest absolute Gasteiger partial charge is 0.494 e. The Kier molecular flexibility index (Phi) is 8.04. The number of rotatable bonds is 7. The van der Waals surface area contributed by atoms with E-state index in [0.717, 1.165) is 29.6 Å². The van der Waals surface area contributed by atoms with E-state index in [2.05, 4.69) is 55.2 Å². The van der Waals surface area contributed by atoms with Gasteiger partial charge in [-0.3, -0.25) is 0 Å². The van der Waals surface area contributed by atoms with Crippen LogP contribution in [0.3, 0.4) is 0 Å². The van der Waals surface area contributed by atoms with E-state index in [9.17, 15) is 0 Å². The summed E-state index contributed by atoms with van der Waals surface area (Å²) in [5.74, 6) is 9.21. The van der Waals surface area contributed by atoms with Crippen LogP contribution in [0.1, 0.15) is 81.4 Å². The Morgan fingerprint density at radius 1 is 0.893 bits per heavy atom. The van der Waals surface area contributed by atoms with Crippen LogP contribution in [0, 0.1) is 17.8 Å². The van der Waals surface area contributed by atoms with E-state index in [4.69, 9.17) is 4.74 Å². The summed E-state index contributed by atoms with van der Waals surface area (Å²) in [5, 5.41) is 0. The minimum atomic E-state index is 0.706. The zero-order valence-corrected chi connectivity index (χ0v) is 17.5. The molecule has 0 aliphatic heterocycles. The molecule has 1 aliphatic rings. The minimum Gasteiger partial charge on any atom is -0.494 e. The van der Waals surface area contributed by atoms with Crippen molar-refractivity contribution in [2.45, 2.75) is 71.1 Å². The van der Waals surface area contributed by atoms with Crippen molar-refractivity contribution >= 4 is 0 Å². The monoisotopic (exact) mass is 374 g/mol. The first kappa shape index (κ1) is 20.5. The fraction of sp³-hybridized carbons (Fsp3) is 0.481. The van der Waals surface area contributed by atoms with Gasteiger partial charge in [-0.1, -0.05) is 49.5 Å². The smallest absolute Gasteiger partial charge is 0.119 e. The van der Waals surface area contributed by atoms with Crippen LogP contribution >= 0.6 is 0 Å². The summed E-state index contributed by atoms with van der Waals surface area (Å²) in [6.07, 6.45) is 10.1. The Labute approximate surface area is 171 Å². The second kappa shape index (κ2) is 11.0. The van der Waals surface area contributed by atoms with Gasteiger partial charge in [0.05, 0.1) is 6.61 Å². The first-order chi connectivity index (χ1) is 13.8. The Balaban J connectivity index is 1.40. The molecule has 28 heavy (non-hydrogen) atoms. The third-order valence-electron chi connectivity index (χ3n) is 5.91. The Hall–Kier alpha value is -2.20. The number of hydrogen-bond donors (Lipinski definition) is 0. The van der Waals surface area contributed by atoms with Crippen LogP contribution in [-0.2, 0) is 6.42 Å². The lowest BCUT2D eigenvalue weighted by Crippen LogP contribution is -2.13. The number of benzene rings is 2. The van der Waals surface area contributed by atoms with Crippen molar-refractivity contribution in [3.8, 4) is 17.6 Å². The van der Waals surface area contributed by atoms with Gasteiger partial charge in [-0.15, -0.1) is 0 Å². The van der Waals surface area contributed by atoms with Gasteiger partial charge in [0.2, 0.25) is 0 Å². The highest BCUT2D eigenvalue weighted by atomic mass is 16.5. The second-order valence-electron chi connectivity index (χ2n) is 8.01. The van der Waals surface area contributed by atoms with E-state index < -0.39 is 0 Å². The minimum absolute atomic E-state index is 0.706. The van der Waals surface area contributed by atoms with E-state index in [-0.39, 0.29) is 0 Å². The van der Waals surface area contributed by atoms with Crippen LogP contribution in [0.25, 0.3) is 0 Å². The molecule has 0 radical (unpaired) electrons. The molecule has 1 fully saturated rings. The molecule has 1 heteroatoms. The molecule has 0 atom stereocenters. The van der Waals surface area contributed by atoms with E-state index in [1.807, 2.05) is 19.1 Å². The van der Waals surface area contributed by atoms with Crippen LogP contribution < -0.4 is 4.74 Å². The fourth-order valence-electron chi connectivity index (χ4n) is 4.27. The molecular weight excluding hydrogens is 340 g/mol. The maximum absolute atomic E-state index is 5.47. The van der Waals surface area contributed by atoms with Crippen LogP contribution in [-0.4, -0.2) is 6.61 Å². The molecule has 0 spiro atoms. The maximum atomic E-state index is 5.47. The van der Waals surface area contributed by atoms with Gasteiger partial charge in [0.15, 0.2) is 0 Å². The number of ether oxygens (including phenoxy) is 1. The first-order valence-electron chi connectivity index (χ1n) is 11.1. The molecule has 2 aromatic carbocycles. The van der Waals surface area contributed by atoms with Gasteiger partial charge in [0.25, 0.3) is 0 Å². The second-order valence-corrected chi connectivity index (χ2v) is 8.01. The van der Waals surface area contributed by atoms with Gasteiger partial charge in [0.1, 0.15) is 5.75 Å². The molecule has 0 bridgehead atoms. The highest BCUT2D eigenvalue weighted by Crippen LogP contribution is 2.37. The highest BCUT2D eigenvalue weighted by Gasteiger charge is 2.21. The normalized spacial score (nSPS) is 18.9. The summed E-state index contributed by atoms with van der Waals surface area (Å²) in [6.45, 7) is 4.96. The Morgan fingerprint density at radius 2 is 1.61 bits per heavy atom. The van der Waals surface area contributed by atoms with Crippen molar-refractivity contribution in [2.75, 3.05) is 6.61 Å². The van der Waals surface area contributed by atoms with Crippen LogP contribution in [0.15, 0.2) is 48.5 Å². The molecule has 1 saturated carbocycles. The molecule has 0 amide bonds. The van der Waals surface area contributed by atoms with Crippen molar-refractivity contribution in [3.05, 3.63) is 65.2 Å². The zero-order valence-electron chi connectivity index (χ0n) is 17.5. The Morgan fingerprint density at radius 3 is 2.25 bits per heavy atom. The van der Waals surface area contributed by atoms with Gasteiger partial charge < -0.3 is 4.74 Å². The quantitative estimate of drug-likeness (QED) is 0.468. The lowest BCUT2D eigenvalue weighted by Gasteiger charge is -2.28. The fourth-order valence-corrected chi connectivity index (χ4v) is 4.27. The molecule has 0 heterocycles. The predicted molar refractivity (Wildman–Crippen MR) is 119 cm³/mol. The van der Waals surface area contributed by atoms with E-state index in [1.54, 1.807) is 5.56 Å². The zero-order chi connectivity index (χ0) is 19.6. The Bertz CT molecular complexity index is 753. The summed E-state index contributed by atoms with van der Waals surface area (Å²) < 4.78 is 5.47. The molecule has 0 unspecified atom stereocenters. The molecule has 3 rings (SSSR count). The lowest BCUT2D eigenvalue weighted by molar-refractivity contribution is 0.313. The summed E-state index contributed by atoms with van der Waals surface area (Å²) in [5.41, 5.74) is 4.11. The molecule has 0 N–H and O–H groups in total. The topological polar surface area (TPSA) is 9.23 Å². The third-order valence-corrected chi connectivity index (χ3v) is 5.91. The average Bonchev–Trinajstić information content (AvgIpc) is 2.74. The highest BCUT2D eigenvalue weighted by molar-refractivity contribution is 5.38. The molecule has 0 saturated heterocycles. The average molecular weight is 375 g/mol. The van der Waals surface area contributed by atoms with Gasteiger partial charge >= 0.3 is 0 Å². The van der Waals surface area contributed by atoms with E-state index in [0.29, 0.717) is 6.61 Å².